The lowest BCUT2D eigenvalue weighted by Crippen LogP contribution is -2.36. The average Bonchev–Trinajstić information content (AvgIpc) is 3.48. The van der Waals surface area contributed by atoms with Crippen molar-refractivity contribution in [2.45, 2.75) is 11.3 Å². The number of anilines is 2. The van der Waals surface area contributed by atoms with Crippen LogP contribution in [0.3, 0.4) is 0 Å². The molecule has 1 amide bonds. The number of sulfonamides is 1. The second-order valence-corrected chi connectivity index (χ2v) is 12.6. The number of amides is 1. The molecule has 0 saturated carbocycles. The van der Waals surface area contributed by atoms with E-state index in [4.69, 9.17) is 4.98 Å². The Morgan fingerprint density at radius 1 is 1.06 bits per heavy atom. The minimum absolute atomic E-state index is 0.167. The number of hydrogen-bond donors (Lipinski definition) is 0. The van der Waals surface area contributed by atoms with E-state index in [1.165, 1.54) is 27.8 Å². The van der Waals surface area contributed by atoms with Crippen molar-refractivity contribution in [3.63, 3.8) is 0 Å². The van der Waals surface area contributed by atoms with Gasteiger partial charge < -0.3 is 4.90 Å². The largest absolute Gasteiger partial charge is 0.308 e. The molecule has 1 aliphatic heterocycles. The van der Waals surface area contributed by atoms with E-state index in [1.807, 2.05) is 61.5 Å². The van der Waals surface area contributed by atoms with Crippen LogP contribution in [0.5, 0.6) is 0 Å². The van der Waals surface area contributed by atoms with E-state index in [0.29, 0.717) is 36.8 Å². The van der Waals surface area contributed by atoms with E-state index >= 15 is 0 Å². The van der Waals surface area contributed by atoms with Gasteiger partial charge in [-0.25, -0.2) is 13.4 Å². The van der Waals surface area contributed by atoms with Gasteiger partial charge in [-0.05, 0) is 74.6 Å². The first-order valence-electron chi connectivity index (χ1n) is 11.5. The van der Waals surface area contributed by atoms with Crippen LogP contribution in [0.1, 0.15) is 15.9 Å². The lowest BCUT2D eigenvalue weighted by Gasteiger charge is -2.22. The van der Waals surface area contributed by atoms with Crippen molar-refractivity contribution in [3.05, 3.63) is 82.3 Å². The van der Waals surface area contributed by atoms with Crippen LogP contribution in [0.2, 0.25) is 0 Å². The number of benzene rings is 3. The molecule has 0 saturated heterocycles. The lowest BCUT2D eigenvalue weighted by atomic mass is 10.2. The summed E-state index contributed by atoms with van der Waals surface area (Å²) < 4.78 is 30.1. The summed E-state index contributed by atoms with van der Waals surface area (Å²) >= 11 is 4.94. The van der Waals surface area contributed by atoms with Crippen LogP contribution in [0.4, 0.5) is 10.8 Å². The zero-order chi connectivity index (χ0) is 25.4. The number of carbonyl (C=O) groups excluding carboxylic acids is 1. The molecule has 0 atom stereocenters. The summed E-state index contributed by atoms with van der Waals surface area (Å²) in [4.78, 5) is 22.1. The maximum absolute atomic E-state index is 13.6. The molecule has 10 heteroatoms. The predicted octanol–water partition coefficient (Wildman–Crippen LogP) is 5.02. The molecule has 7 nitrogen and oxygen atoms in total. The van der Waals surface area contributed by atoms with Crippen LogP contribution in [0.25, 0.3) is 10.2 Å². The summed E-state index contributed by atoms with van der Waals surface area (Å²) in [6.45, 7) is 1.53. The van der Waals surface area contributed by atoms with E-state index in [-0.39, 0.29) is 10.8 Å². The molecule has 0 N–H and O–H groups in total. The van der Waals surface area contributed by atoms with Gasteiger partial charge in [-0.3, -0.25) is 14.0 Å². The van der Waals surface area contributed by atoms with Gasteiger partial charge in [0, 0.05) is 29.7 Å². The number of para-hydroxylation sites is 1. The first-order chi connectivity index (χ1) is 17.2. The SMILES string of the molecule is CN(C)CCN(C(=O)c1ccc(S(=O)(=O)N2CCc3ccccc32)cc1)c1nc2ccc(Br)cc2s1. The van der Waals surface area contributed by atoms with Gasteiger partial charge in [0.25, 0.3) is 15.9 Å². The highest BCUT2D eigenvalue weighted by molar-refractivity contribution is 9.10. The minimum atomic E-state index is -3.72. The van der Waals surface area contributed by atoms with Crippen LogP contribution >= 0.6 is 27.3 Å². The fourth-order valence-electron chi connectivity index (χ4n) is 4.20. The fraction of sp³-hybridized carbons (Fsp3) is 0.231. The normalized spacial score (nSPS) is 13.4. The summed E-state index contributed by atoms with van der Waals surface area (Å²) in [6, 6.07) is 19.6. The second kappa shape index (κ2) is 9.93. The first-order valence-corrected chi connectivity index (χ1v) is 14.5. The molecule has 2 heterocycles. The fourth-order valence-corrected chi connectivity index (χ4v) is 7.24. The highest BCUT2D eigenvalue weighted by Gasteiger charge is 2.31. The lowest BCUT2D eigenvalue weighted by molar-refractivity contribution is 0.0985. The molecule has 4 aromatic rings. The Bertz CT molecular complexity index is 1530. The quantitative estimate of drug-likeness (QED) is 0.305. The Morgan fingerprint density at radius 2 is 1.81 bits per heavy atom. The van der Waals surface area contributed by atoms with Crippen LogP contribution < -0.4 is 9.21 Å². The maximum Gasteiger partial charge on any atom is 0.264 e. The Hall–Kier alpha value is -2.79. The summed E-state index contributed by atoms with van der Waals surface area (Å²) in [5, 5.41) is 0.611. The van der Waals surface area contributed by atoms with Crippen LogP contribution in [0.15, 0.2) is 76.1 Å². The summed E-state index contributed by atoms with van der Waals surface area (Å²) in [5.41, 5.74) is 2.98. The number of fused-ring (bicyclic) bond motifs is 2. The molecule has 0 spiro atoms. The van der Waals surface area contributed by atoms with Crippen molar-refractivity contribution in [1.82, 2.24) is 9.88 Å². The minimum Gasteiger partial charge on any atom is -0.308 e. The molecule has 1 aliphatic rings. The number of hydrogen-bond acceptors (Lipinski definition) is 6. The molecule has 0 aliphatic carbocycles. The van der Waals surface area contributed by atoms with E-state index in [9.17, 15) is 13.2 Å². The molecular weight excluding hydrogens is 560 g/mol. The number of likely N-dealkylation sites (N-methyl/N-ethyl adjacent to an activating group) is 1. The number of aromatic nitrogens is 1. The highest BCUT2D eigenvalue weighted by atomic mass is 79.9. The highest BCUT2D eigenvalue weighted by Crippen LogP contribution is 2.34. The zero-order valence-corrected chi connectivity index (χ0v) is 23.1. The summed E-state index contributed by atoms with van der Waals surface area (Å²) in [7, 11) is 0.182. The van der Waals surface area contributed by atoms with Crippen molar-refractivity contribution in [1.29, 1.82) is 0 Å². The van der Waals surface area contributed by atoms with Gasteiger partial charge in [0.2, 0.25) is 0 Å². The first kappa shape index (κ1) is 24.9. The van der Waals surface area contributed by atoms with Gasteiger partial charge in [0.15, 0.2) is 5.13 Å². The van der Waals surface area contributed by atoms with Crippen LogP contribution in [0, 0.1) is 0 Å². The van der Waals surface area contributed by atoms with Gasteiger partial charge in [0.05, 0.1) is 20.8 Å². The molecule has 0 radical (unpaired) electrons. The topological polar surface area (TPSA) is 73.8 Å². The molecule has 1 aromatic heterocycles. The number of nitrogens with zero attached hydrogens (tertiary/aromatic N) is 4. The van der Waals surface area contributed by atoms with E-state index in [1.54, 1.807) is 17.0 Å². The molecule has 0 fully saturated rings. The number of carbonyl (C=O) groups is 1. The van der Waals surface area contributed by atoms with Crippen LogP contribution in [-0.2, 0) is 16.4 Å². The van der Waals surface area contributed by atoms with Crippen molar-refractivity contribution < 1.29 is 13.2 Å². The zero-order valence-electron chi connectivity index (χ0n) is 19.9. The molecule has 186 valence electrons. The molecule has 0 unspecified atom stereocenters. The smallest absolute Gasteiger partial charge is 0.264 e. The standard InChI is InChI=1S/C26H25BrN4O3S2/c1-29(2)15-16-30(26-28-22-12-9-20(27)17-24(22)35-26)25(32)19-7-10-21(11-8-19)36(33,34)31-14-13-18-5-3-4-6-23(18)31/h3-12,17H,13-16H2,1-2H3. The average molecular weight is 586 g/mol. The van der Waals surface area contributed by atoms with Crippen molar-refractivity contribution in [3.8, 4) is 0 Å². The summed E-state index contributed by atoms with van der Waals surface area (Å²) in [6.07, 6.45) is 0.686. The third-order valence-electron chi connectivity index (χ3n) is 6.12. The summed E-state index contributed by atoms with van der Waals surface area (Å²) in [5.74, 6) is -0.217. The third kappa shape index (κ3) is 4.78. The number of rotatable bonds is 7. The molecule has 0 bridgehead atoms. The van der Waals surface area contributed by atoms with Crippen molar-refractivity contribution in [2.75, 3.05) is 42.9 Å². The second-order valence-electron chi connectivity index (χ2n) is 8.85. The predicted molar refractivity (Wildman–Crippen MR) is 149 cm³/mol. The van der Waals surface area contributed by atoms with Gasteiger partial charge in [-0.2, -0.15) is 0 Å². The molecular formula is C26H25BrN4O3S2. The molecule has 3 aromatic carbocycles. The van der Waals surface area contributed by atoms with Crippen LogP contribution in [-0.4, -0.2) is 57.9 Å². The Kier molecular flexibility index (Phi) is 6.86. The number of thiazole rings is 1. The van der Waals surface area contributed by atoms with Gasteiger partial charge in [0.1, 0.15) is 0 Å². The Balaban J connectivity index is 1.43. The van der Waals surface area contributed by atoms with Crippen molar-refractivity contribution >= 4 is 64.2 Å². The molecule has 5 rings (SSSR count). The van der Waals surface area contributed by atoms with E-state index < -0.39 is 10.0 Å². The monoisotopic (exact) mass is 584 g/mol. The molecule has 36 heavy (non-hydrogen) atoms. The number of halogens is 1. The Morgan fingerprint density at radius 3 is 2.56 bits per heavy atom. The van der Waals surface area contributed by atoms with E-state index in [0.717, 1.165) is 25.9 Å². The van der Waals surface area contributed by atoms with Gasteiger partial charge in [-0.1, -0.05) is 45.5 Å². The third-order valence-corrected chi connectivity index (χ3v) is 9.48. The van der Waals surface area contributed by atoms with E-state index in [2.05, 4.69) is 15.9 Å². The Labute approximate surface area is 223 Å². The van der Waals surface area contributed by atoms with Crippen molar-refractivity contribution in [2.24, 2.45) is 0 Å². The van der Waals surface area contributed by atoms with Gasteiger partial charge >= 0.3 is 0 Å². The maximum atomic E-state index is 13.6. The van der Waals surface area contributed by atoms with Gasteiger partial charge in [-0.15, -0.1) is 0 Å².